The lowest BCUT2D eigenvalue weighted by Crippen LogP contribution is -2.44. The molecule has 1 aliphatic rings. The summed E-state index contributed by atoms with van der Waals surface area (Å²) < 4.78 is 30.7. The molecular weight excluding hydrogens is 216 g/mol. The summed E-state index contributed by atoms with van der Waals surface area (Å²) in [4.78, 5) is 0. The average Bonchev–Trinajstić information content (AvgIpc) is 2.69. The Bertz CT molecular complexity index is 286. The van der Waals surface area contributed by atoms with Crippen LogP contribution in [0.5, 0.6) is 0 Å². The molecule has 5 nitrogen and oxygen atoms in total. The summed E-state index contributed by atoms with van der Waals surface area (Å²) in [6.45, 7) is 3.37. The topological polar surface area (TPSA) is 58.6 Å². The van der Waals surface area contributed by atoms with E-state index in [-0.39, 0.29) is 6.04 Å². The van der Waals surface area contributed by atoms with Crippen molar-refractivity contribution in [2.75, 3.05) is 33.9 Å². The molecule has 1 aliphatic heterocycles. The Hall–Kier alpha value is -0.170. The molecule has 0 aromatic heterocycles. The minimum absolute atomic E-state index is 0.00862. The molecule has 1 N–H and O–H groups in total. The Morgan fingerprint density at radius 2 is 2.27 bits per heavy atom. The molecular formula is C9H20N2O3S. The molecule has 0 spiro atoms. The smallest absolute Gasteiger partial charge is 0.218 e. The molecule has 0 radical (unpaired) electrons. The Morgan fingerprint density at radius 3 is 2.73 bits per heavy atom. The molecule has 0 saturated carbocycles. The third kappa shape index (κ3) is 2.90. The zero-order valence-electron chi connectivity index (χ0n) is 9.56. The fraction of sp³-hybridized carbons (Fsp3) is 1.00. The maximum absolute atomic E-state index is 12.0. The summed E-state index contributed by atoms with van der Waals surface area (Å²) in [5.74, 6) is 0. The van der Waals surface area contributed by atoms with Crippen LogP contribution in [-0.2, 0) is 14.8 Å². The number of hydrogen-bond donors (Lipinski definition) is 1. The van der Waals surface area contributed by atoms with Gasteiger partial charge in [0.05, 0.1) is 17.9 Å². The lowest BCUT2D eigenvalue weighted by atomic mass is 10.3. The van der Waals surface area contributed by atoms with E-state index in [1.807, 2.05) is 0 Å². The monoisotopic (exact) mass is 236 g/mol. The Balaban J connectivity index is 2.67. The summed E-state index contributed by atoms with van der Waals surface area (Å²) in [5, 5.41) is 2.49. The third-order valence-electron chi connectivity index (χ3n) is 2.82. The summed E-state index contributed by atoms with van der Waals surface area (Å²) in [6.07, 6.45) is 0.794. The van der Waals surface area contributed by atoms with Crippen LogP contribution in [0.25, 0.3) is 0 Å². The lowest BCUT2D eigenvalue weighted by Gasteiger charge is -2.26. The summed E-state index contributed by atoms with van der Waals surface area (Å²) in [7, 11) is 0.201. The first-order chi connectivity index (χ1) is 7.00. The number of nitrogens with one attached hydrogen (secondary N) is 1. The highest BCUT2D eigenvalue weighted by atomic mass is 32.2. The average molecular weight is 236 g/mol. The number of ether oxygens (including phenoxy) is 1. The van der Waals surface area contributed by atoms with E-state index in [2.05, 4.69) is 5.32 Å². The number of rotatable bonds is 5. The summed E-state index contributed by atoms with van der Waals surface area (Å²) >= 11 is 0. The highest BCUT2D eigenvalue weighted by Gasteiger charge is 2.32. The molecule has 0 aliphatic carbocycles. The molecule has 0 aromatic carbocycles. The van der Waals surface area contributed by atoms with Gasteiger partial charge in [0.15, 0.2) is 0 Å². The SMILES string of the molecule is CNCC(C)S(=O)(=O)N(C)C1CCOC1. The molecule has 2 unspecified atom stereocenters. The van der Waals surface area contributed by atoms with Crippen molar-refractivity contribution in [3.05, 3.63) is 0 Å². The van der Waals surface area contributed by atoms with Crippen molar-refractivity contribution in [3.63, 3.8) is 0 Å². The fourth-order valence-corrected chi connectivity index (χ4v) is 3.22. The van der Waals surface area contributed by atoms with Crippen LogP contribution >= 0.6 is 0 Å². The van der Waals surface area contributed by atoms with Gasteiger partial charge >= 0.3 is 0 Å². The van der Waals surface area contributed by atoms with Crippen LogP contribution in [0.15, 0.2) is 0 Å². The summed E-state index contributed by atoms with van der Waals surface area (Å²) in [6, 6.07) is 0.00862. The molecule has 1 rings (SSSR count). The molecule has 0 amide bonds. The van der Waals surface area contributed by atoms with Gasteiger partial charge in [-0.25, -0.2) is 8.42 Å². The molecule has 1 fully saturated rings. The number of nitrogens with zero attached hydrogens (tertiary/aromatic N) is 1. The standard InChI is InChI=1S/C9H20N2O3S/c1-8(6-10-2)15(12,13)11(3)9-4-5-14-7-9/h8-10H,4-7H2,1-3H3. The van der Waals surface area contributed by atoms with Crippen molar-refractivity contribution in [1.82, 2.24) is 9.62 Å². The van der Waals surface area contributed by atoms with Crippen molar-refractivity contribution < 1.29 is 13.2 Å². The molecule has 1 heterocycles. The van der Waals surface area contributed by atoms with Gasteiger partial charge in [0, 0.05) is 20.2 Å². The largest absolute Gasteiger partial charge is 0.380 e. The minimum Gasteiger partial charge on any atom is -0.380 e. The van der Waals surface area contributed by atoms with Crippen molar-refractivity contribution in [1.29, 1.82) is 0 Å². The molecule has 15 heavy (non-hydrogen) atoms. The highest BCUT2D eigenvalue weighted by Crippen LogP contribution is 2.17. The number of likely N-dealkylation sites (N-methyl/N-ethyl adjacent to an activating group) is 1. The normalized spacial score (nSPS) is 24.7. The second-order valence-corrected chi connectivity index (χ2v) is 6.36. The summed E-state index contributed by atoms with van der Waals surface area (Å²) in [5.41, 5.74) is 0. The predicted octanol–water partition coefficient (Wildman–Crippen LogP) is -0.355. The van der Waals surface area contributed by atoms with Crippen molar-refractivity contribution in [2.24, 2.45) is 0 Å². The first-order valence-electron chi connectivity index (χ1n) is 5.19. The fourth-order valence-electron chi connectivity index (χ4n) is 1.69. The molecule has 2 atom stereocenters. The second kappa shape index (κ2) is 5.25. The minimum atomic E-state index is -3.19. The van der Waals surface area contributed by atoms with Gasteiger partial charge in [-0.05, 0) is 20.4 Å². The van der Waals surface area contributed by atoms with Crippen LogP contribution < -0.4 is 5.32 Å². The van der Waals surface area contributed by atoms with Crippen molar-refractivity contribution >= 4 is 10.0 Å². The third-order valence-corrected chi connectivity index (χ3v) is 5.11. The van der Waals surface area contributed by atoms with Crippen LogP contribution in [0.3, 0.4) is 0 Å². The molecule has 1 saturated heterocycles. The van der Waals surface area contributed by atoms with Gasteiger partial charge in [-0.15, -0.1) is 0 Å². The van der Waals surface area contributed by atoms with Crippen LogP contribution in [0.2, 0.25) is 0 Å². The maximum Gasteiger partial charge on any atom is 0.218 e. The van der Waals surface area contributed by atoms with E-state index in [1.165, 1.54) is 4.31 Å². The Kier molecular flexibility index (Phi) is 4.51. The van der Waals surface area contributed by atoms with E-state index in [0.717, 1.165) is 6.42 Å². The van der Waals surface area contributed by atoms with Gasteiger partial charge in [0.1, 0.15) is 0 Å². The van der Waals surface area contributed by atoms with Gasteiger partial charge in [0.2, 0.25) is 10.0 Å². The first-order valence-corrected chi connectivity index (χ1v) is 6.69. The van der Waals surface area contributed by atoms with Gasteiger partial charge in [-0.3, -0.25) is 0 Å². The van der Waals surface area contributed by atoms with Crippen molar-refractivity contribution in [2.45, 2.75) is 24.6 Å². The van der Waals surface area contributed by atoms with E-state index in [9.17, 15) is 8.42 Å². The van der Waals surface area contributed by atoms with Crippen molar-refractivity contribution in [3.8, 4) is 0 Å². The van der Waals surface area contributed by atoms with E-state index < -0.39 is 15.3 Å². The lowest BCUT2D eigenvalue weighted by molar-refractivity contribution is 0.180. The second-order valence-electron chi connectivity index (χ2n) is 3.95. The number of sulfonamides is 1. The Labute approximate surface area is 91.8 Å². The predicted molar refractivity (Wildman–Crippen MR) is 59.3 cm³/mol. The van der Waals surface area contributed by atoms with Gasteiger partial charge < -0.3 is 10.1 Å². The Morgan fingerprint density at radius 1 is 1.60 bits per heavy atom. The molecule has 0 aromatic rings. The van der Waals surface area contributed by atoms with E-state index in [1.54, 1.807) is 21.0 Å². The van der Waals surface area contributed by atoms with Crippen LogP contribution in [0.1, 0.15) is 13.3 Å². The van der Waals surface area contributed by atoms with Gasteiger partial charge in [0.25, 0.3) is 0 Å². The molecule has 6 heteroatoms. The highest BCUT2D eigenvalue weighted by molar-refractivity contribution is 7.89. The molecule has 0 bridgehead atoms. The van der Waals surface area contributed by atoms with E-state index >= 15 is 0 Å². The van der Waals surface area contributed by atoms with Crippen LogP contribution in [0, 0.1) is 0 Å². The van der Waals surface area contributed by atoms with Crippen LogP contribution in [0.4, 0.5) is 0 Å². The first kappa shape index (κ1) is 12.9. The zero-order chi connectivity index (χ0) is 11.5. The van der Waals surface area contributed by atoms with E-state index in [4.69, 9.17) is 4.74 Å². The molecule has 90 valence electrons. The van der Waals surface area contributed by atoms with E-state index in [0.29, 0.717) is 19.8 Å². The maximum atomic E-state index is 12.0. The number of hydrogen-bond acceptors (Lipinski definition) is 4. The zero-order valence-corrected chi connectivity index (χ0v) is 10.4. The van der Waals surface area contributed by atoms with Gasteiger partial charge in [-0.2, -0.15) is 4.31 Å². The van der Waals surface area contributed by atoms with Gasteiger partial charge in [-0.1, -0.05) is 0 Å². The van der Waals surface area contributed by atoms with Crippen LogP contribution in [-0.4, -0.2) is 57.9 Å². The quantitative estimate of drug-likeness (QED) is 0.708.